The number of aliphatic hydroxyl groups is 1. The van der Waals surface area contributed by atoms with Crippen LogP contribution < -0.4 is 0 Å². The Kier molecular flexibility index (Phi) is 8.12. The third-order valence-corrected chi connectivity index (χ3v) is 8.34. The Morgan fingerprint density at radius 2 is 1.85 bits per heavy atom. The Bertz CT molecular complexity index is 329. The van der Waals surface area contributed by atoms with Gasteiger partial charge in [-0.2, -0.15) is 0 Å². The molecule has 0 aliphatic rings. The van der Waals surface area contributed by atoms with E-state index in [4.69, 9.17) is 14.3 Å². The van der Waals surface area contributed by atoms with Crippen molar-refractivity contribution in [1.29, 1.82) is 0 Å². The normalized spacial score (nSPS) is 13.4. The fourth-order valence-corrected chi connectivity index (χ4v) is 2.49. The third kappa shape index (κ3) is 6.57. The first-order chi connectivity index (χ1) is 9.15. The van der Waals surface area contributed by atoms with E-state index in [1.54, 1.807) is 6.92 Å². The van der Waals surface area contributed by atoms with Gasteiger partial charge in [0.2, 0.25) is 0 Å². The minimum absolute atomic E-state index is 0.216. The maximum atomic E-state index is 11.5. The molecule has 0 aromatic carbocycles. The minimum Gasteiger partial charge on any atom is -0.515 e. The Hall–Kier alpha value is -0.813. The lowest BCUT2D eigenvalue weighted by molar-refractivity contribution is -0.138. The van der Waals surface area contributed by atoms with Crippen LogP contribution >= 0.6 is 0 Å². The van der Waals surface area contributed by atoms with Crippen LogP contribution in [0.15, 0.2) is 11.8 Å². The monoisotopic (exact) mass is 302 g/mol. The smallest absolute Gasteiger partial charge is 0.337 e. The van der Waals surface area contributed by atoms with Gasteiger partial charge in [0, 0.05) is 6.61 Å². The zero-order valence-corrected chi connectivity index (χ0v) is 14.8. The molecule has 0 fully saturated rings. The van der Waals surface area contributed by atoms with Gasteiger partial charge in [-0.25, -0.2) is 4.79 Å². The minimum atomic E-state index is -1.68. The third-order valence-electron chi connectivity index (χ3n) is 3.80. The lowest BCUT2D eigenvalue weighted by atomic mass is 10.1. The van der Waals surface area contributed by atoms with Gasteiger partial charge in [0.25, 0.3) is 0 Å². The number of carbonyl (C=O) groups excluding carboxylic acids is 1. The fourth-order valence-electron chi connectivity index (χ4n) is 1.40. The molecule has 0 saturated carbocycles. The molecule has 20 heavy (non-hydrogen) atoms. The SMILES string of the molecule is CCOC(=O)/C(=C\O)CCCCO[Si](C)(C)C(C)(C)C. The van der Waals surface area contributed by atoms with Crippen LogP contribution in [0.5, 0.6) is 0 Å². The highest BCUT2D eigenvalue weighted by Gasteiger charge is 2.36. The first kappa shape index (κ1) is 19.2. The molecule has 0 bridgehead atoms. The van der Waals surface area contributed by atoms with E-state index in [-0.39, 0.29) is 5.04 Å². The number of ether oxygens (including phenoxy) is 1. The van der Waals surface area contributed by atoms with Gasteiger partial charge in [0.15, 0.2) is 8.32 Å². The Morgan fingerprint density at radius 3 is 2.30 bits per heavy atom. The number of hydrogen-bond acceptors (Lipinski definition) is 4. The predicted molar refractivity (Wildman–Crippen MR) is 84.3 cm³/mol. The fraction of sp³-hybridized carbons (Fsp3) is 0.800. The molecule has 1 N–H and O–H groups in total. The van der Waals surface area contributed by atoms with E-state index in [2.05, 4.69) is 33.9 Å². The molecule has 0 spiro atoms. The summed E-state index contributed by atoms with van der Waals surface area (Å²) in [4.78, 5) is 11.5. The molecule has 0 heterocycles. The molecule has 4 nitrogen and oxygen atoms in total. The second-order valence-electron chi connectivity index (χ2n) is 6.44. The van der Waals surface area contributed by atoms with Gasteiger partial charge < -0.3 is 14.3 Å². The van der Waals surface area contributed by atoms with Crippen molar-refractivity contribution < 1.29 is 19.1 Å². The maximum Gasteiger partial charge on any atom is 0.337 e. The van der Waals surface area contributed by atoms with Crippen molar-refractivity contribution in [3.63, 3.8) is 0 Å². The maximum absolute atomic E-state index is 11.5. The van der Waals surface area contributed by atoms with Crippen molar-refractivity contribution in [2.75, 3.05) is 13.2 Å². The summed E-state index contributed by atoms with van der Waals surface area (Å²) in [6.07, 6.45) is 3.06. The molecule has 0 aliphatic carbocycles. The van der Waals surface area contributed by atoms with Crippen LogP contribution in [-0.4, -0.2) is 32.6 Å². The standard InChI is InChI=1S/C15H30O4Si/c1-7-18-14(17)13(12-16)10-8-9-11-19-20(5,6)15(2,3)4/h12,16H,7-11H2,1-6H3/b13-12-. The van der Waals surface area contributed by atoms with Crippen LogP contribution in [0, 0.1) is 0 Å². The van der Waals surface area contributed by atoms with Crippen molar-refractivity contribution in [3.8, 4) is 0 Å². The lowest BCUT2D eigenvalue weighted by Gasteiger charge is -2.36. The molecule has 0 atom stereocenters. The van der Waals surface area contributed by atoms with Crippen LogP contribution in [0.25, 0.3) is 0 Å². The largest absolute Gasteiger partial charge is 0.515 e. The van der Waals surface area contributed by atoms with Crippen LogP contribution in [0.4, 0.5) is 0 Å². The summed E-state index contributed by atoms with van der Waals surface area (Å²) in [5.41, 5.74) is 0.333. The van der Waals surface area contributed by atoms with E-state index in [0.717, 1.165) is 19.1 Å². The summed E-state index contributed by atoms with van der Waals surface area (Å²) < 4.78 is 10.9. The van der Waals surface area contributed by atoms with E-state index in [9.17, 15) is 4.79 Å². The quantitative estimate of drug-likeness (QED) is 0.240. The zero-order valence-electron chi connectivity index (χ0n) is 13.8. The second-order valence-corrected chi connectivity index (χ2v) is 11.2. The molecular weight excluding hydrogens is 272 g/mol. The Morgan fingerprint density at radius 1 is 1.25 bits per heavy atom. The predicted octanol–water partition coefficient (Wildman–Crippen LogP) is 4.18. The van der Waals surface area contributed by atoms with E-state index < -0.39 is 14.3 Å². The van der Waals surface area contributed by atoms with E-state index >= 15 is 0 Å². The number of esters is 1. The highest BCUT2D eigenvalue weighted by atomic mass is 28.4. The molecule has 0 saturated heterocycles. The molecule has 0 unspecified atom stereocenters. The second kappa shape index (κ2) is 8.47. The molecule has 0 radical (unpaired) electrons. The zero-order chi connectivity index (χ0) is 15.8. The van der Waals surface area contributed by atoms with Gasteiger partial charge in [0.1, 0.15) is 0 Å². The molecular formula is C15H30O4Si. The Labute approximate surface area is 124 Å². The molecule has 0 aromatic rings. The van der Waals surface area contributed by atoms with Crippen molar-refractivity contribution in [2.45, 2.75) is 65.1 Å². The molecule has 5 heteroatoms. The van der Waals surface area contributed by atoms with E-state index in [1.165, 1.54) is 0 Å². The number of hydrogen-bond donors (Lipinski definition) is 1. The Balaban J connectivity index is 4.01. The highest BCUT2D eigenvalue weighted by Crippen LogP contribution is 2.36. The number of rotatable bonds is 8. The van der Waals surface area contributed by atoms with Gasteiger partial charge in [-0.05, 0) is 44.3 Å². The summed E-state index contributed by atoms with van der Waals surface area (Å²) in [5, 5.41) is 9.24. The summed E-state index contributed by atoms with van der Waals surface area (Å²) in [5.74, 6) is -0.430. The summed E-state index contributed by atoms with van der Waals surface area (Å²) in [7, 11) is -1.68. The van der Waals surface area contributed by atoms with Crippen LogP contribution in [0.1, 0.15) is 47.0 Å². The first-order valence-electron chi connectivity index (χ1n) is 7.30. The van der Waals surface area contributed by atoms with Crippen molar-refractivity contribution in [2.24, 2.45) is 0 Å². The molecule has 0 aromatic heterocycles. The summed E-state index contributed by atoms with van der Waals surface area (Å²) in [6, 6.07) is 0. The van der Waals surface area contributed by atoms with Gasteiger partial charge in [-0.1, -0.05) is 20.8 Å². The van der Waals surface area contributed by atoms with Crippen LogP contribution in [0.3, 0.4) is 0 Å². The van der Waals surface area contributed by atoms with Gasteiger partial charge in [0.05, 0.1) is 18.4 Å². The topological polar surface area (TPSA) is 55.8 Å². The van der Waals surface area contributed by atoms with Gasteiger partial charge in [-0.3, -0.25) is 0 Å². The molecule has 0 amide bonds. The van der Waals surface area contributed by atoms with E-state index in [1.807, 2.05) is 0 Å². The highest BCUT2D eigenvalue weighted by molar-refractivity contribution is 6.74. The van der Waals surface area contributed by atoms with Crippen LogP contribution in [0.2, 0.25) is 18.1 Å². The van der Waals surface area contributed by atoms with Gasteiger partial charge >= 0.3 is 5.97 Å². The molecule has 118 valence electrons. The first-order valence-corrected chi connectivity index (χ1v) is 10.2. The van der Waals surface area contributed by atoms with Crippen molar-refractivity contribution in [3.05, 3.63) is 11.8 Å². The number of carbonyl (C=O) groups is 1. The average molecular weight is 302 g/mol. The van der Waals surface area contributed by atoms with Gasteiger partial charge in [-0.15, -0.1) is 0 Å². The molecule has 0 rings (SSSR count). The summed E-state index contributed by atoms with van der Waals surface area (Å²) >= 11 is 0. The van der Waals surface area contributed by atoms with Crippen molar-refractivity contribution in [1.82, 2.24) is 0 Å². The van der Waals surface area contributed by atoms with Crippen molar-refractivity contribution >= 4 is 14.3 Å². The lowest BCUT2D eigenvalue weighted by Crippen LogP contribution is -2.40. The summed E-state index contributed by atoms with van der Waals surface area (Å²) in [6.45, 7) is 13.9. The molecule has 0 aliphatic heterocycles. The van der Waals surface area contributed by atoms with E-state index in [0.29, 0.717) is 25.2 Å². The van der Waals surface area contributed by atoms with Crippen LogP contribution in [-0.2, 0) is 14.0 Å². The number of unbranched alkanes of at least 4 members (excludes halogenated alkanes) is 1. The number of aliphatic hydroxyl groups excluding tert-OH is 1. The average Bonchev–Trinajstić information content (AvgIpc) is 2.32.